The molecule has 0 spiro atoms. The lowest BCUT2D eigenvalue weighted by Crippen LogP contribution is -2.45. The quantitative estimate of drug-likeness (QED) is 0.879. The Hall–Kier alpha value is -0.730. The fourth-order valence-electron chi connectivity index (χ4n) is 3.08. The molecular formula is C17H27ClN2. The molecule has 0 saturated heterocycles. The molecule has 0 aromatic heterocycles. The molecule has 1 aliphatic heterocycles. The summed E-state index contributed by atoms with van der Waals surface area (Å²) in [7, 11) is 2.17. The fraction of sp³-hybridized carbons (Fsp3) is 0.647. The highest BCUT2D eigenvalue weighted by atomic mass is 35.5. The zero-order chi connectivity index (χ0) is 15.1. The largest absolute Gasteiger partial charge is 0.369 e. The van der Waals surface area contributed by atoms with Crippen LogP contribution in [0.15, 0.2) is 12.1 Å². The van der Waals surface area contributed by atoms with Crippen molar-refractivity contribution in [1.29, 1.82) is 0 Å². The predicted molar refractivity (Wildman–Crippen MR) is 88.9 cm³/mol. The monoisotopic (exact) mass is 294 g/mol. The summed E-state index contributed by atoms with van der Waals surface area (Å²) in [6, 6.07) is 4.91. The number of anilines is 1. The first-order valence-corrected chi connectivity index (χ1v) is 7.89. The standard InChI is InChI=1S/C17H27ClN2/c1-11(2)19-10-13-7-14-12(3)9-17(4,5)20(6)16(14)8-15(13)18/h7-8,11-12,19H,9-10H2,1-6H3/t12-/m1/s1. The molecule has 20 heavy (non-hydrogen) atoms. The molecule has 0 aliphatic carbocycles. The summed E-state index contributed by atoms with van der Waals surface area (Å²) >= 11 is 6.48. The second-order valence-corrected chi connectivity index (χ2v) is 7.42. The van der Waals surface area contributed by atoms with Crippen LogP contribution < -0.4 is 10.2 Å². The average molecular weight is 295 g/mol. The molecule has 1 aromatic rings. The number of nitrogens with zero attached hydrogens (tertiary/aromatic N) is 1. The maximum absolute atomic E-state index is 6.48. The number of hydrogen-bond donors (Lipinski definition) is 1. The number of halogens is 1. The highest BCUT2D eigenvalue weighted by Crippen LogP contribution is 2.44. The summed E-state index contributed by atoms with van der Waals surface area (Å²) in [5, 5.41) is 4.32. The second-order valence-electron chi connectivity index (χ2n) is 7.01. The van der Waals surface area contributed by atoms with Crippen LogP contribution in [0.25, 0.3) is 0 Å². The lowest BCUT2D eigenvalue weighted by Gasteiger charge is -2.45. The molecule has 0 unspecified atom stereocenters. The lowest BCUT2D eigenvalue weighted by atomic mass is 9.80. The molecule has 1 heterocycles. The molecule has 3 heteroatoms. The van der Waals surface area contributed by atoms with Crippen molar-refractivity contribution in [2.24, 2.45) is 0 Å². The van der Waals surface area contributed by atoms with Crippen LogP contribution in [-0.4, -0.2) is 18.6 Å². The zero-order valence-corrected chi connectivity index (χ0v) is 14.3. The van der Waals surface area contributed by atoms with Crippen molar-refractivity contribution >= 4 is 17.3 Å². The summed E-state index contributed by atoms with van der Waals surface area (Å²) in [6.07, 6.45) is 1.18. The minimum atomic E-state index is 0.188. The molecule has 0 radical (unpaired) electrons. The van der Waals surface area contributed by atoms with E-state index in [-0.39, 0.29) is 5.54 Å². The fourth-order valence-corrected chi connectivity index (χ4v) is 3.31. The van der Waals surface area contributed by atoms with Crippen LogP contribution in [0.3, 0.4) is 0 Å². The third-order valence-electron chi connectivity index (χ3n) is 4.50. The summed E-state index contributed by atoms with van der Waals surface area (Å²) in [5.41, 5.74) is 4.11. The van der Waals surface area contributed by atoms with E-state index in [0.717, 1.165) is 11.6 Å². The van der Waals surface area contributed by atoms with Gasteiger partial charge >= 0.3 is 0 Å². The highest BCUT2D eigenvalue weighted by molar-refractivity contribution is 6.31. The first-order chi connectivity index (χ1) is 9.22. The van der Waals surface area contributed by atoms with Crippen LogP contribution in [0.4, 0.5) is 5.69 Å². The Morgan fingerprint density at radius 2 is 2.05 bits per heavy atom. The number of fused-ring (bicyclic) bond motifs is 1. The Labute approximate surface area is 128 Å². The van der Waals surface area contributed by atoms with Crippen LogP contribution in [0.5, 0.6) is 0 Å². The molecule has 0 bridgehead atoms. The van der Waals surface area contributed by atoms with Gasteiger partial charge in [-0.15, -0.1) is 0 Å². The molecular weight excluding hydrogens is 268 g/mol. The zero-order valence-electron chi connectivity index (χ0n) is 13.5. The van der Waals surface area contributed by atoms with Gasteiger partial charge in [-0.3, -0.25) is 0 Å². The van der Waals surface area contributed by atoms with Gasteiger partial charge in [0.1, 0.15) is 0 Å². The molecule has 0 saturated carbocycles. The third kappa shape index (κ3) is 2.96. The van der Waals surface area contributed by atoms with Gasteiger partial charge in [-0.05, 0) is 43.4 Å². The topological polar surface area (TPSA) is 15.3 Å². The maximum atomic E-state index is 6.48. The molecule has 1 aromatic carbocycles. The molecule has 0 fully saturated rings. The minimum absolute atomic E-state index is 0.188. The van der Waals surface area contributed by atoms with Crippen LogP contribution in [0, 0.1) is 0 Å². The Bertz CT molecular complexity index is 494. The van der Waals surface area contributed by atoms with E-state index in [1.807, 2.05) is 0 Å². The van der Waals surface area contributed by atoms with Crippen molar-refractivity contribution in [1.82, 2.24) is 5.32 Å². The van der Waals surface area contributed by atoms with E-state index >= 15 is 0 Å². The minimum Gasteiger partial charge on any atom is -0.369 e. The van der Waals surface area contributed by atoms with Gasteiger partial charge in [0, 0.05) is 35.9 Å². The SMILES string of the molecule is CC(C)NCc1cc2c(cc1Cl)N(C)C(C)(C)C[C@H]2C. The maximum Gasteiger partial charge on any atom is 0.0471 e. The Balaban J connectivity index is 2.38. The average Bonchev–Trinajstić information content (AvgIpc) is 2.33. The smallest absolute Gasteiger partial charge is 0.0471 e. The molecule has 1 N–H and O–H groups in total. The third-order valence-corrected chi connectivity index (χ3v) is 4.85. The first kappa shape index (κ1) is 15.7. The Morgan fingerprint density at radius 3 is 2.65 bits per heavy atom. The van der Waals surface area contributed by atoms with E-state index in [1.165, 1.54) is 23.2 Å². The summed E-state index contributed by atoms with van der Waals surface area (Å²) in [4.78, 5) is 2.37. The number of nitrogens with one attached hydrogen (secondary N) is 1. The van der Waals surface area contributed by atoms with E-state index in [1.54, 1.807) is 0 Å². The number of hydrogen-bond acceptors (Lipinski definition) is 2. The Kier molecular flexibility index (Phi) is 4.36. The summed E-state index contributed by atoms with van der Waals surface area (Å²) < 4.78 is 0. The number of rotatable bonds is 3. The van der Waals surface area contributed by atoms with Crippen LogP contribution in [0.2, 0.25) is 5.02 Å². The molecule has 2 rings (SSSR count). The van der Waals surface area contributed by atoms with E-state index in [2.05, 4.69) is 64.0 Å². The van der Waals surface area contributed by atoms with E-state index < -0.39 is 0 Å². The van der Waals surface area contributed by atoms with Gasteiger partial charge in [0.25, 0.3) is 0 Å². The van der Waals surface area contributed by atoms with Crippen molar-refractivity contribution in [3.63, 3.8) is 0 Å². The van der Waals surface area contributed by atoms with Crippen molar-refractivity contribution in [3.8, 4) is 0 Å². The van der Waals surface area contributed by atoms with Gasteiger partial charge in [-0.2, -0.15) is 0 Å². The van der Waals surface area contributed by atoms with Gasteiger partial charge in [0.15, 0.2) is 0 Å². The summed E-state index contributed by atoms with van der Waals surface area (Å²) in [5.74, 6) is 0.575. The highest BCUT2D eigenvalue weighted by Gasteiger charge is 2.34. The van der Waals surface area contributed by atoms with Crippen molar-refractivity contribution in [2.75, 3.05) is 11.9 Å². The van der Waals surface area contributed by atoms with Gasteiger partial charge in [-0.25, -0.2) is 0 Å². The van der Waals surface area contributed by atoms with Gasteiger partial charge in [-0.1, -0.05) is 38.4 Å². The van der Waals surface area contributed by atoms with Gasteiger partial charge < -0.3 is 10.2 Å². The Morgan fingerprint density at radius 1 is 1.40 bits per heavy atom. The first-order valence-electron chi connectivity index (χ1n) is 7.52. The van der Waals surface area contributed by atoms with Gasteiger partial charge in [0.2, 0.25) is 0 Å². The van der Waals surface area contributed by atoms with Crippen molar-refractivity contribution < 1.29 is 0 Å². The van der Waals surface area contributed by atoms with E-state index in [9.17, 15) is 0 Å². The lowest BCUT2D eigenvalue weighted by molar-refractivity contribution is 0.395. The number of benzene rings is 1. The molecule has 2 nitrogen and oxygen atoms in total. The predicted octanol–water partition coefficient (Wildman–Crippen LogP) is 4.56. The molecule has 112 valence electrons. The van der Waals surface area contributed by atoms with Crippen LogP contribution >= 0.6 is 11.6 Å². The summed E-state index contributed by atoms with van der Waals surface area (Å²) in [6.45, 7) is 12.1. The van der Waals surface area contributed by atoms with E-state index in [4.69, 9.17) is 11.6 Å². The normalized spacial score (nSPS) is 21.2. The molecule has 0 amide bonds. The van der Waals surface area contributed by atoms with Crippen molar-refractivity contribution in [3.05, 3.63) is 28.3 Å². The molecule has 1 aliphatic rings. The van der Waals surface area contributed by atoms with Crippen LogP contribution in [0.1, 0.15) is 58.1 Å². The molecule has 1 atom stereocenters. The second kappa shape index (κ2) is 5.57. The van der Waals surface area contributed by atoms with E-state index in [0.29, 0.717) is 12.0 Å². The van der Waals surface area contributed by atoms with Gasteiger partial charge in [0.05, 0.1) is 0 Å². The van der Waals surface area contributed by atoms with Crippen molar-refractivity contribution in [2.45, 2.75) is 65.1 Å². The van der Waals surface area contributed by atoms with Crippen LogP contribution in [-0.2, 0) is 6.54 Å².